The summed E-state index contributed by atoms with van der Waals surface area (Å²) < 4.78 is 38.0. The first-order chi connectivity index (χ1) is 18.0. The molecule has 1 aliphatic heterocycles. The number of methoxy groups -OCH3 is 1. The van der Waals surface area contributed by atoms with Crippen molar-refractivity contribution >= 4 is 38.2 Å². The number of anilines is 2. The summed E-state index contributed by atoms with van der Waals surface area (Å²) in [6.45, 7) is 5.01. The summed E-state index contributed by atoms with van der Waals surface area (Å²) in [5.41, 5.74) is 3.75. The molecule has 0 saturated heterocycles. The molecular formula is C27H33N5O5S. The zero-order valence-electron chi connectivity index (χ0n) is 22.2. The van der Waals surface area contributed by atoms with Gasteiger partial charge in [0.1, 0.15) is 12.3 Å². The Hall–Kier alpha value is -3.28. The quantitative estimate of drug-likeness (QED) is 0.398. The van der Waals surface area contributed by atoms with Crippen LogP contribution in [0, 0.1) is 0 Å². The van der Waals surface area contributed by atoms with Gasteiger partial charge in [-0.25, -0.2) is 13.4 Å². The number of carbonyl (C=O) groups is 1. The van der Waals surface area contributed by atoms with E-state index < -0.39 is 15.4 Å². The Morgan fingerprint density at radius 1 is 1.16 bits per heavy atom. The molecule has 11 heteroatoms. The minimum atomic E-state index is -3.57. The van der Waals surface area contributed by atoms with Crippen LogP contribution in [0.4, 0.5) is 11.4 Å². The zero-order valence-corrected chi connectivity index (χ0v) is 23.1. The van der Waals surface area contributed by atoms with Gasteiger partial charge >= 0.3 is 0 Å². The van der Waals surface area contributed by atoms with Crippen LogP contribution in [0.15, 0.2) is 36.7 Å². The molecule has 3 heterocycles. The van der Waals surface area contributed by atoms with E-state index in [1.54, 1.807) is 37.5 Å². The molecule has 202 valence electrons. The molecule has 1 aliphatic carbocycles. The molecule has 0 unspecified atom stereocenters. The van der Waals surface area contributed by atoms with Crippen LogP contribution >= 0.6 is 0 Å². The molecule has 1 amide bonds. The van der Waals surface area contributed by atoms with Crippen molar-refractivity contribution in [1.29, 1.82) is 0 Å². The number of nitrogens with zero attached hydrogens (tertiary/aromatic N) is 3. The lowest BCUT2D eigenvalue weighted by molar-refractivity contribution is -0.131. The molecule has 10 nitrogen and oxygen atoms in total. The first-order valence-electron chi connectivity index (χ1n) is 12.6. The van der Waals surface area contributed by atoms with Gasteiger partial charge in [-0.05, 0) is 36.6 Å². The Labute approximate surface area is 222 Å². The van der Waals surface area contributed by atoms with E-state index >= 15 is 0 Å². The number of carbonyl (C=O) groups excluding carboxylic acids is 1. The Morgan fingerprint density at radius 3 is 2.61 bits per heavy atom. The highest BCUT2D eigenvalue weighted by Gasteiger charge is 2.58. The number of hydrogen-bond acceptors (Lipinski definition) is 8. The van der Waals surface area contributed by atoms with Crippen LogP contribution in [0.3, 0.4) is 0 Å². The molecule has 5 rings (SSSR count). The fraction of sp³-hybridized carbons (Fsp3) is 0.444. The summed E-state index contributed by atoms with van der Waals surface area (Å²) in [5.74, 6) is 0.273. The van der Waals surface area contributed by atoms with Crippen molar-refractivity contribution in [1.82, 2.24) is 15.3 Å². The number of pyridine rings is 2. The van der Waals surface area contributed by atoms with E-state index in [4.69, 9.17) is 9.47 Å². The maximum atomic E-state index is 13.3. The highest BCUT2D eigenvalue weighted by atomic mass is 32.2. The molecule has 1 aromatic carbocycles. The minimum Gasteiger partial charge on any atom is -0.475 e. The van der Waals surface area contributed by atoms with Crippen molar-refractivity contribution in [3.63, 3.8) is 0 Å². The number of ether oxygens (including phenoxy) is 2. The van der Waals surface area contributed by atoms with Crippen LogP contribution in [-0.4, -0.2) is 70.0 Å². The van der Waals surface area contributed by atoms with Gasteiger partial charge in [-0.15, -0.1) is 0 Å². The number of benzene rings is 1. The number of aromatic nitrogens is 2. The topological polar surface area (TPSA) is 123 Å². The molecule has 1 spiro atoms. The van der Waals surface area contributed by atoms with Crippen LogP contribution in [0.2, 0.25) is 0 Å². The zero-order chi connectivity index (χ0) is 27.2. The second-order valence-electron chi connectivity index (χ2n) is 10.4. The highest BCUT2D eigenvalue weighted by molar-refractivity contribution is 7.92. The molecule has 2 N–H and O–H groups in total. The van der Waals surface area contributed by atoms with Crippen LogP contribution in [0.1, 0.15) is 32.3 Å². The van der Waals surface area contributed by atoms with Gasteiger partial charge < -0.3 is 19.7 Å². The van der Waals surface area contributed by atoms with Crippen LogP contribution in [-0.2, 0) is 25.0 Å². The third-order valence-corrected chi connectivity index (χ3v) is 7.85. The Bertz CT molecular complexity index is 1500. The Morgan fingerprint density at radius 2 is 1.92 bits per heavy atom. The predicted molar refractivity (Wildman–Crippen MR) is 147 cm³/mol. The Kier molecular flexibility index (Phi) is 6.79. The molecular weight excluding hydrogens is 506 g/mol. The number of likely N-dealkylation sites (N-methyl/N-ethyl adjacent to an activating group) is 1. The average molecular weight is 540 g/mol. The van der Waals surface area contributed by atoms with Gasteiger partial charge in [0.05, 0.1) is 35.2 Å². The number of sulfonamides is 1. The molecule has 0 bridgehead atoms. The smallest absolute Gasteiger partial charge is 0.238 e. The predicted octanol–water partition coefficient (Wildman–Crippen LogP) is 3.07. The molecule has 1 saturated carbocycles. The number of hydrogen-bond donors (Lipinski definition) is 2. The number of rotatable bonds is 9. The maximum absolute atomic E-state index is 13.3. The first-order valence-corrected chi connectivity index (χ1v) is 14.5. The van der Waals surface area contributed by atoms with E-state index in [9.17, 15) is 13.2 Å². The third-order valence-electron chi connectivity index (χ3n) is 7.26. The van der Waals surface area contributed by atoms with Crippen molar-refractivity contribution < 1.29 is 22.7 Å². The molecule has 38 heavy (non-hydrogen) atoms. The molecule has 3 aromatic rings. The number of nitrogens with one attached hydrogen (secondary N) is 2. The van der Waals surface area contributed by atoms with Crippen molar-refractivity contribution in [2.24, 2.45) is 0 Å². The summed E-state index contributed by atoms with van der Waals surface area (Å²) in [7, 11) is -0.105. The third kappa shape index (κ3) is 4.70. The van der Waals surface area contributed by atoms with Crippen molar-refractivity contribution in [3.05, 3.63) is 42.2 Å². The second-order valence-corrected chi connectivity index (χ2v) is 12.1. The first kappa shape index (κ1) is 26.3. The summed E-state index contributed by atoms with van der Waals surface area (Å²) in [5, 5.41) is 4.15. The number of fused-ring (bicyclic) bond motifs is 4. The van der Waals surface area contributed by atoms with Crippen LogP contribution in [0.25, 0.3) is 22.0 Å². The largest absolute Gasteiger partial charge is 0.475 e. The summed E-state index contributed by atoms with van der Waals surface area (Å²) in [4.78, 5) is 24.1. The van der Waals surface area contributed by atoms with E-state index in [0.717, 1.165) is 34.0 Å². The summed E-state index contributed by atoms with van der Waals surface area (Å²) >= 11 is 0. The lowest BCUT2D eigenvalue weighted by Gasteiger charge is -2.43. The number of amides is 1. The van der Waals surface area contributed by atoms with Gasteiger partial charge in [-0.2, -0.15) is 0 Å². The lowest BCUT2D eigenvalue weighted by Crippen LogP contribution is -2.51. The fourth-order valence-corrected chi connectivity index (χ4v) is 5.96. The van der Waals surface area contributed by atoms with Gasteiger partial charge in [0.15, 0.2) is 0 Å². The maximum Gasteiger partial charge on any atom is 0.238 e. The van der Waals surface area contributed by atoms with Crippen molar-refractivity contribution in [2.75, 3.05) is 43.2 Å². The van der Waals surface area contributed by atoms with Crippen molar-refractivity contribution in [2.45, 2.75) is 44.2 Å². The lowest BCUT2D eigenvalue weighted by atomic mass is 9.62. The van der Waals surface area contributed by atoms with E-state index in [0.29, 0.717) is 37.6 Å². The van der Waals surface area contributed by atoms with Crippen molar-refractivity contribution in [3.8, 4) is 17.0 Å². The molecule has 2 aliphatic rings. The minimum absolute atomic E-state index is 0.0433. The standard InChI is InChI=1S/C27H33N5O5S/c1-16(2)28-8-9-37-25-22(31-38(5,34)35)11-18(14-30-25)17-6-7-21-20(10-17)24-23(15-29-21)32(3)26(33)27(24)12-19(13-27)36-4/h6-7,10-11,14-16,19,28,31H,8-9,12-13H2,1-5H3. The molecule has 0 radical (unpaired) electrons. The SMILES string of the molecule is COC1CC2(C1)C(=O)N(C)c1cnc3ccc(-c4cnc(OCCNC(C)C)c(NS(C)(=O)=O)c4)cc3c12. The van der Waals surface area contributed by atoms with Gasteiger partial charge in [0.25, 0.3) is 0 Å². The monoisotopic (exact) mass is 539 g/mol. The molecule has 0 atom stereocenters. The Balaban J connectivity index is 1.55. The molecule has 1 fully saturated rings. The van der Waals surface area contributed by atoms with E-state index in [1.165, 1.54) is 0 Å². The normalized spacial score (nSPS) is 20.7. The van der Waals surface area contributed by atoms with Gasteiger partial charge in [0, 0.05) is 49.5 Å². The second kappa shape index (κ2) is 9.79. The van der Waals surface area contributed by atoms with Crippen LogP contribution < -0.4 is 19.7 Å². The van der Waals surface area contributed by atoms with E-state index in [1.807, 2.05) is 32.0 Å². The fourth-order valence-electron chi connectivity index (χ4n) is 5.41. The molecule has 2 aromatic heterocycles. The average Bonchev–Trinajstić information content (AvgIpc) is 3.07. The van der Waals surface area contributed by atoms with Gasteiger partial charge in [-0.3, -0.25) is 14.5 Å². The summed E-state index contributed by atoms with van der Waals surface area (Å²) in [6.07, 6.45) is 5.82. The van der Waals surface area contributed by atoms with Gasteiger partial charge in [0.2, 0.25) is 21.8 Å². The van der Waals surface area contributed by atoms with Crippen LogP contribution in [0.5, 0.6) is 5.88 Å². The van der Waals surface area contributed by atoms with E-state index in [-0.39, 0.29) is 23.6 Å². The highest BCUT2D eigenvalue weighted by Crippen LogP contribution is 2.55. The van der Waals surface area contributed by atoms with E-state index in [2.05, 4.69) is 20.0 Å². The van der Waals surface area contributed by atoms with Gasteiger partial charge in [-0.1, -0.05) is 19.9 Å². The summed E-state index contributed by atoms with van der Waals surface area (Å²) in [6, 6.07) is 7.86.